The summed E-state index contributed by atoms with van der Waals surface area (Å²) in [6.45, 7) is 2.02. The summed E-state index contributed by atoms with van der Waals surface area (Å²) in [5.74, 6) is -0.161. The van der Waals surface area contributed by atoms with Gasteiger partial charge < -0.3 is 5.32 Å². The molecule has 1 aromatic heterocycles. The van der Waals surface area contributed by atoms with Crippen LogP contribution < -0.4 is 5.32 Å². The normalized spacial score (nSPS) is 10.7. The molecule has 6 heteroatoms. The van der Waals surface area contributed by atoms with Crippen molar-refractivity contribution in [2.75, 3.05) is 5.32 Å². The molecule has 0 aliphatic heterocycles. The number of carbonyl (C=O) groups excluding carboxylic acids is 1. The molecular formula is C18H12BrCl2NOS. The van der Waals surface area contributed by atoms with E-state index < -0.39 is 0 Å². The summed E-state index contributed by atoms with van der Waals surface area (Å²) in [5.41, 5.74) is 3.35. The maximum Gasteiger partial charge on any atom is 0.205 e. The Morgan fingerprint density at radius 3 is 2.50 bits per heavy atom. The fourth-order valence-electron chi connectivity index (χ4n) is 2.28. The van der Waals surface area contributed by atoms with Crippen LogP contribution in [-0.2, 0) is 0 Å². The number of anilines is 2. The number of nitrogens with one attached hydrogen (secondary N) is 1. The Labute approximate surface area is 162 Å². The Morgan fingerprint density at radius 1 is 1.08 bits per heavy atom. The third-order valence-corrected chi connectivity index (χ3v) is 5.65. The van der Waals surface area contributed by atoms with Crippen LogP contribution in [0.1, 0.15) is 20.8 Å². The van der Waals surface area contributed by atoms with Crippen LogP contribution in [0.5, 0.6) is 0 Å². The van der Waals surface area contributed by atoms with Crippen LogP contribution in [-0.4, -0.2) is 5.78 Å². The standard InChI is InChI=1S/C18H12BrCl2NOS/c1-10-8-11(19)2-5-16(10)22-12-3-4-13(15(21)9-12)17(23)18-14(20)6-7-24-18/h2-9,22H,1H3. The van der Waals surface area contributed by atoms with Gasteiger partial charge in [0.25, 0.3) is 0 Å². The SMILES string of the molecule is Cc1cc(Br)ccc1Nc1ccc(C(=O)c2sccc2Cl)c(Cl)c1. The van der Waals surface area contributed by atoms with Crippen molar-refractivity contribution >= 4 is 67.6 Å². The van der Waals surface area contributed by atoms with Crippen LogP contribution in [0.15, 0.2) is 52.3 Å². The first-order valence-electron chi connectivity index (χ1n) is 7.06. The number of benzene rings is 2. The molecule has 0 atom stereocenters. The summed E-state index contributed by atoms with van der Waals surface area (Å²) in [7, 11) is 0. The predicted molar refractivity (Wildman–Crippen MR) is 106 cm³/mol. The average molecular weight is 441 g/mol. The first kappa shape index (κ1) is 17.5. The van der Waals surface area contributed by atoms with Crippen LogP contribution in [0, 0.1) is 6.92 Å². The summed E-state index contributed by atoms with van der Waals surface area (Å²) in [6.07, 6.45) is 0. The number of halogens is 3. The molecule has 0 unspecified atom stereocenters. The van der Waals surface area contributed by atoms with Crippen molar-refractivity contribution in [3.8, 4) is 0 Å². The molecule has 0 aliphatic rings. The number of hydrogen-bond donors (Lipinski definition) is 1. The summed E-state index contributed by atoms with van der Waals surface area (Å²) >= 11 is 17.1. The zero-order valence-corrected chi connectivity index (χ0v) is 16.5. The Kier molecular flexibility index (Phi) is 5.30. The lowest BCUT2D eigenvalue weighted by molar-refractivity contribution is 0.104. The predicted octanol–water partition coefficient (Wildman–Crippen LogP) is 7.10. The van der Waals surface area contributed by atoms with Gasteiger partial charge in [-0.05, 0) is 60.3 Å². The van der Waals surface area contributed by atoms with E-state index in [0.29, 0.717) is 20.5 Å². The highest BCUT2D eigenvalue weighted by molar-refractivity contribution is 9.10. The monoisotopic (exact) mass is 439 g/mol. The lowest BCUT2D eigenvalue weighted by Crippen LogP contribution is -2.01. The zero-order valence-electron chi connectivity index (χ0n) is 12.6. The van der Waals surface area contributed by atoms with E-state index in [1.165, 1.54) is 11.3 Å². The number of carbonyl (C=O) groups is 1. The van der Waals surface area contributed by atoms with Gasteiger partial charge in [0.2, 0.25) is 5.78 Å². The van der Waals surface area contributed by atoms with Crippen molar-refractivity contribution in [2.24, 2.45) is 0 Å². The number of hydrogen-bond acceptors (Lipinski definition) is 3. The van der Waals surface area contributed by atoms with E-state index in [1.54, 1.807) is 23.6 Å². The lowest BCUT2D eigenvalue weighted by atomic mass is 10.1. The Bertz CT molecular complexity index is 923. The second kappa shape index (κ2) is 7.28. The summed E-state index contributed by atoms with van der Waals surface area (Å²) in [6, 6.07) is 13.0. The van der Waals surface area contributed by atoms with Crippen molar-refractivity contribution < 1.29 is 4.79 Å². The van der Waals surface area contributed by atoms with E-state index in [4.69, 9.17) is 23.2 Å². The van der Waals surface area contributed by atoms with E-state index >= 15 is 0 Å². The smallest absolute Gasteiger partial charge is 0.205 e. The van der Waals surface area contributed by atoms with Gasteiger partial charge in [-0.15, -0.1) is 11.3 Å². The van der Waals surface area contributed by atoms with Gasteiger partial charge >= 0.3 is 0 Å². The van der Waals surface area contributed by atoms with E-state index in [9.17, 15) is 4.79 Å². The summed E-state index contributed by atoms with van der Waals surface area (Å²) < 4.78 is 1.03. The Balaban J connectivity index is 1.87. The van der Waals surface area contributed by atoms with Crippen molar-refractivity contribution in [3.63, 3.8) is 0 Å². The quantitative estimate of drug-likeness (QED) is 0.438. The largest absolute Gasteiger partial charge is 0.355 e. The molecule has 1 N–H and O–H groups in total. The maximum atomic E-state index is 12.5. The molecule has 3 rings (SSSR count). The molecular weight excluding hydrogens is 429 g/mol. The van der Waals surface area contributed by atoms with Gasteiger partial charge in [0.05, 0.1) is 14.9 Å². The minimum atomic E-state index is -0.161. The molecule has 0 saturated carbocycles. The van der Waals surface area contributed by atoms with Gasteiger partial charge in [0.1, 0.15) is 0 Å². The van der Waals surface area contributed by atoms with Gasteiger partial charge in [0, 0.05) is 21.4 Å². The van der Waals surface area contributed by atoms with Crippen molar-refractivity contribution in [3.05, 3.63) is 78.4 Å². The molecule has 0 aliphatic carbocycles. The summed E-state index contributed by atoms with van der Waals surface area (Å²) in [4.78, 5) is 13.0. The van der Waals surface area contributed by atoms with E-state index in [-0.39, 0.29) is 5.78 Å². The minimum absolute atomic E-state index is 0.161. The number of aryl methyl sites for hydroxylation is 1. The lowest BCUT2D eigenvalue weighted by Gasteiger charge is -2.11. The van der Waals surface area contributed by atoms with E-state index in [2.05, 4.69) is 21.2 Å². The molecule has 0 saturated heterocycles. The third-order valence-electron chi connectivity index (χ3n) is 3.50. The molecule has 2 nitrogen and oxygen atoms in total. The van der Waals surface area contributed by atoms with Crippen LogP contribution in [0.4, 0.5) is 11.4 Å². The minimum Gasteiger partial charge on any atom is -0.355 e. The molecule has 0 bridgehead atoms. The Morgan fingerprint density at radius 2 is 1.88 bits per heavy atom. The average Bonchev–Trinajstić information content (AvgIpc) is 2.96. The van der Waals surface area contributed by atoms with E-state index in [1.807, 2.05) is 31.2 Å². The molecule has 0 spiro atoms. The molecule has 0 amide bonds. The fourth-order valence-corrected chi connectivity index (χ4v) is 4.11. The van der Waals surface area contributed by atoms with Crippen molar-refractivity contribution in [1.29, 1.82) is 0 Å². The highest BCUT2D eigenvalue weighted by atomic mass is 79.9. The maximum absolute atomic E-state index is 12.5. The molecule has 0 fully saturated rings. The summed E-state index contributed by atoms with van der Waals surface area (Å²) in [5, 5.41) is 5.95. The second-order valence-corrected chi connectivity index (χ2v) is 7.85. The number of rotatable bonds is 4. The van der Waals surface area contributed by atoms with Gasteiger partial charge in [-0.3, -0.25) is 4.79 Å². The topological polar surface area (TPSA) is 29.1 Å². The number of ketones is 1. The van der Waals surface area contributed by atoms with Crippen LogP contribution in [0.25, 0.3) is 0 Å². The molecule has 2 aromatic carbocycles. The third kappa shape index (κ3) is 3.67. The molecule has 0 radical (unpaired) electrons. The molecule has 122 valence electrons. The van der Waals surface area contributed by atoms with Gasteiger partial charge in [-0.2, -0.15) is 0 Å². The van der Waals surface area contributed by atoms with Gasteiger partial charge in [-0.1, -0.05) is 39.1 Å². The van der Waals surface area contributed by atoms with Crippen LogP contribution in [0.3, 0.4) is 0 Å². The number of thiophene rings is 1. The van der Waals surface area contributed by atoms with Crippen molar-refractivity contribution in [2.45, 2.75) is 6.92 Å². The zero-order chi connectivity index (χ0) is 17.3. The van der Waals surface area contributed by atoms with Crippen molar-refractivity contribution in [1.82, 2.24) is 0 Å². The van der Waals surface area contributed by atoms with E-state index in [0.717, 1.165) is 21.4 Å². The molecule has 3 aromatic rings. The van der Waals surface area contributed by atoms with Gasteiger partial charge in [0.15, 0.2) is 0 Å². The first-order chi connectivity index (χ1) is 11.5. The second-order valence-electron chi connectivity index (χ2n) is 5.21. The highest BCUT2D eigenvalue weighted by Gasteiger charge is 2.17. The van der Waals surface area contributed by atoms with Gasteiger partial charge in [-0.25, -0.2) is 0 Å². The fraction of sp³-hybridized carbons (Fsp3) is 0.0556. The first-order valence-corrected chi connectivity index (χ1v) is 9.49. The van der Waals surface area contributed by atoms with Crippen LogP contribution >= 0.6 is 50.5 Å². The Hall–Kier alpha value is -1.33. The molecule has 1 heterocycles. The molecule has 24 heavy (non-hydrogen) atoms. The van der Waals surface area contributed by atoms with Crippen LogP contribution in [0.2, 0.25) is 10.0 Å². The highest BCUT2D eigenvalue weighted by Crippen LogP contribution is 2.31.